The number of aliphatic carboxylic acids is 1. The van der Waals surface area contributed by atoms with E-state index in [1.807, 2.05) is 97.6 Å². The molecule has 364 valence electrons. The van der Waals surface area contributed by atoms with Gasteiger partial charge in [-0.3, -0.25) is 29.1 Å². The highest BCUT2D eigenvalue weighted by atomic mass is 35.5. The van der Waals surface area contributed by atoms with Gasteiger partial charge in [0.05, 0.1) is 58.0 Å². The highest BCUT2D eigenvalue weighted by Gasteiger charge is 2.43. The number of carbonyl (C=O) groups is 2. The number of methoxy groups -OCH3 is 2. The zero-order chi connectivity index (χ0) is 49.4. The minimum atomic E-state index is -0.828. The molecule has 1 amide bonds. The van der Waals surface area contributed by atoms with Crippen molar-refractivity contribution in [3.63, 3.8) is 0 Å². The maximum atomic E-state index is 13.7. The third-order valence-corrected chi connectivity index (χ3v) is 13.6. The Hall–Kier alpha value is -7.39. The number of nitrogens with zero attached hydrogens (tertiary/aromatic N) is 4. The van der Waals surface area contributed by atoms with Gasteiger partial charge in [-0.25, -0.2) is 9.97 Å². The molecule has 5 aromatic carbocycles. The van der Waals surface area contributed by atoms with Crippen molar-refractivity contribution in [1.82, 2.24) is 25.3 Å². The summed E-state index contributed by atoms with van der Waals surface area (Å²) in [5, 5.41) is 14.3. The summed E-state index contributed by atoms with van der Waals surface area (Å²) < 4.78 is 16.6. The van der Waals surface area contributed by atoms with Gasteiger partial charge in [-0.15, -0.1) is 0 Å². The SMILES string of the molecule is COc1cc2c(=O)[nH]c(N3CCC(Cc4ccccc4)(C(=O)NCc4ccccc4)CC3)nc2cc1OC(C)C.COc1cc2nc(N3CCC(Cc4ccccc4)(C(=O)O)CC3)[nH]c(=O)c2cc1Cl. The quantitative estimate of drug-likeness (QED) is 0.0816. The molecule has 4 heterocycles. The minimum absolute atomic E-state index is 0.0549. The van der Waals surface area contributed by atoms with E-state index in [0.717, 1.165) is 16.7 Å². The molecule has 0 aliphatic carbocycles. The van der Waals surface area contributed by atoms with E-state index in [2.05, 4.69) is 37.3 Å². The largest absolute Gasteiger partial charge is 0.495 e. The number of aromatic amines is 2. The molecule has 0 unspecified atom stereocenters. The normalized spacial score (nSPS) is 15.2. The van der Waals surface area contributed by atoms with Gasteiger partial charge in [0.25, 0.3) is 11.1 Å². The van der Waals surface area contributed by atoms with E-state index in [1.54, 1.807) is 25.3 Å². The number of aromatic nitrogens is 4. The topological polar surface area (TPSA) is 192 Å². The van der Waals surface area contributed by atoms with Gasteiger partial charge in [0.2, 0.25) is 17.8 Å². The van der Waals surface area contributed by atoms with Crippen LogP contribution in [-0.4, -0.2) is 83.4 Å². The summed E-state index contributed by atoms with van der Waals surface area (Å²) in [6, 6.07) is 36.4. The van der Waals surface area contributed by atoms with Crippen molar-refractivity contribution in [3.05, 3.63) is 158 Å². The van der Waals surface area contributed by atoms with Gasteiger partial charge in [0.15, 0.2) is 11.5 Å². The van der Waals surface area contributed by atoms with Gasteiger partial charge in [-0.2, -0.15) is 0 Å². The first-order valence-corrected chi connectivity index (χ1v) is 23.9. The lowest BCUT2D eigenvalue weighted by molar-refractivity contribution is -0.150. The Labute approximate surface area is 410 Å². The van der Waals surface area contributed by atoms with Crippen molar-refractivity contribution >= 4 is 57.2 Å². The lowest BCUT2D eigenvalue weighted by atomic mass is 9.73. The molecule has 16 heteroatoms. The number of rotatable bonds is 14. The molecule has 9 rings (SSSR count). The lowest BCUT2D eigenvalue weighted by Crippen LogP contribution is -2.50. The second kappa shape index (κ2) is 21.5. The van der Waals surface area contributed by atoms with Crippen LogP contribution >= 0.6 is 11.6 Å². The predicted molar refractivity (Wildman–Crippen MR) is 273 cm³/mol. The lowest BCUT2D eigenvalue weighted by Gasteiger charge is -2.41. The fourth-order valence-corrected chi connectivity index (χ4v) is 9.65. The monoisotopic (exact) mass is 967 g/mol. The number of ether oxygens (including phenoxy) is 3. The summed E-state index contributed by atoms with van der Waals surface area (Å²) >= 11 is 6.12. The molecule has 2 aromatic heterocycles. The van der Waals surface area contributed by atoms with Crippen LogP contribution in [0.4, 0.5) is 11.9 Å². The number of piperidine rings is 2. The van der Waals surface area contributed by atoms with Gasteiger partial charge in [0, 0.05) is 44.9 Å². The second-order valence-electron chi connectivity index (χ2n) is 18.3. The average molecular weight is 969 g/mol. The number of carboxylic acids is 1. The number of amides is 1. The van der Waals surface area contributed by atoms with Crippen molar-refractivity contribution in [2.24, 2.45) is 10.8 Å². The Kier molecular flexibility index (Phi) is 15.1. The summed E-state index contributed by atoms with van der Waals surface area (Å²) in [6.07, 6.45) is 3.27. The highest BCUT2D eigenvalue weighted by Crippen LogP contribution is 2.39. The first kappa shape index (κ1) is 49.0. The van der Waals surface area contributed by atoms with Gasteiger partial charge < -0.3 is 34.4 Å². The molecule has 0 spiro atoms. The number of carboxylic acid groups (broad SMARTS) is 1. The smallest absolute Gasteiger partial charge is 0.310 e. The zero-order valence-corrected chi connectivity index (χ0v) is 40.6. The van der Waals surface area contributed by atoms with Crippen LogP contribution in [0.15, 0.2) is 125 Å². The number of benzene rings is 5. The van der Waals surface area contributed by atoms with Crippen LogP contribution in [-0.2, 0) is 29.0 Å². The number of carbonyl (C=O) groups excluding carboxylic acids is 1. The van der Waals surface area contributed by atoms with E-state index in [4.69, 9.17) is 30.8 Å². The van der Waals surface area contributed by atoms with E-state index >= 15 is 0 Å². The van der Waals surface area contributed by atoms with Crippen molar-refractivity contribution < 1.29 is 28.9 Å². The zero-order valence-electron chi connectivity index (χ0n) is 39.8. The number of hydrogen-bond acceptors (Lipinski definition) is 11. The summed E-state index contributed by atoms with van der Waals surface area (Å²) in [5.74, 6) is 1.68. The molecule has 15 nitrogen and oxygen atoms in total. The molecule has 0 saturated carbocycles. The van der Waals surface area contributed by atoms with E-state index in [0.29, 0.717) is 127 Å². The summed E-state index contributed by atoms with van der Waals surface area (Å²) in [5.41, 5.74) is 2.31. The van der Waals surface area contributed by atoms with Crippen molar-refractivity contribution in [2.45, 2.75) is 65.0 Å². The fourth-order valence-electron chi connectivity index (χ4n) is 9.41. The van der Waals surface area contributed by atoms with Crippen molar-refractivity contribution in [1.29, 1.82) is 0 Å². The maximum Gasteiger partial charge on any atom is 0.310 e. The molecule has 0 atom stereocenters. The van der Waals surface area contributed by atoms with Crippen molar-refractivity contribution in [2.75, 3.05) is 50.2 Å². The van der Waals surface area contributed by atoms with E-state index in [1.165, 1.54) is 13.2 Å². The molecule has 0 bridgehead atoms. The first-order valence-electron chi connectivity index (χ1n) is 23.5. The number of H-pyrrole nitrogens is 2. The molecule has 4 N–H and O–H groups in total. The van der Waals surface area contributed by atoms with Crippen molar-refractivity contribution in [3.8, 4) is 17.2 Å². The first-order chi connectivity index (χ1) is 33.8. The third kappa shape index (κ3) is 11.0. The summed E-state index contributed by atoms with van der Waals surface area (Å²) in [4.78, 5) is 70.6. The van der Waals surface area contributed by atoms with E-state index < -0.39 is 16.8 Å². The highest BCUT2D eigenvalue weighted by molar-refractivity contribution is 6.32. The number of nitrogens with one attached hydrogen (secondary N) is 3. The van der Waals surface area contributed by atoms with Gasteiger partial charge in [0.1, 0.15) is 5.75 Å². The molecule has 2 aliphatic rings. The predicted octanol–water partition coefficient (Wildman–Crippen LogP) is 8.36. The van der Waals surface area contributed by atoms with Crippen LogP contribution in [0.3, 0.4) is 0 Å². The molecule has 70 heavy (non-hydrogen) atoms. The molecule has 2 saturated heterocycles. The number of fused-ring (bicyclic) bond motifs is 2. The fraction of sp³-hybridized carbons (Fsp3) is 0.333. The third-order valence-electron chi connectivity index (χ3n) is 13.3. The molecule has 0 radical (unpaired) electrons. The second-order valence-corrected chi connectivity index (χ2v) is 18.7. The van der Waals surface area contributed by atoms with Gasteiger partial charge in [-0.05, 0) is 81.2 Å². The summed E-state index contributed by atoms with van der Waals surface area (Å²) in [6.45, 7) is 6.51. The van der Waals surface area contributed by atoms with Crippen LogP contribution < -0.4 is 40.4 Å². The number of anilines is 2. The van der Waals surface area contributed by atoms with Gasteiger partial charge in [-0.1, -0.05) is 103 Å². The summed E-state index contributed by atoms with van der Waals surface area (Å²) in [7, 11) is 3.06. The van der Waals surface area contributed by atoms with Crippen LogP contribution in [0, 0.1) is 10.8 Å². The standard InChI is InChI=1S/C32H36N4O4.C22H22ClN3O4/c1-22(2)40-28-19-26-25(18-27(28)39-3)29(37)35-31(34-26)36-16-14-32(15-17-36,20-23-10-6-4-7-11-23)30(38)33-21-24-12-8-5-9-13-24;1-30-18-12-17-15(11-16(18)23)19(27)25-21(24-17)26-9-7-22(8-10-26,20(28)29)13-14-5-3-2-4-6-14/h4-13,18-19,22H,14-17,20-21H2,1-3H3,(H,33,38)(H,34,35,37);2-6,11-12H,7-10,13H2,1H3,(H,28,29)(H,24,25,27). The van der Waals surface area contributed by atoms with E-state index in [9.17, 15) is 24.3 Å². The molecule has 2 aliphatic heterocycles. The average Bonchev–Trinajstić information content (AvgIpc) is 3.36. The number of halogens is 1. The Morgan fingerprint density at radius 3 is 1.57 bits per heavy atom. The van der Waals surface area contributed by atoms with E-state index in [-0.39, 0.29) is 23.1 Å². The Morgan fingerprint density at radius 2 is 1.10 bits per heavy atom. The molecular weight excluding hydrogens is 910 g/mol. The molecular formula is C54H58ClN7O8. The van der Waals surface area contributed by atoms with Crippen LogP contribution in [0.25, 0.3) is 21.8 Å². The van der Waals surface area contributed by atoms with Gasteiger partial charge >= 0.3 is 5.97 Å². The maximum absolute atomic E-state index is 13.7. The molecule has 2 fully saturated rings. The van der Waals surface area contributed by atoms with Crippen LogP contribution in [0.1, 0.15) is 56.2 Å². The number of hydrogen-bond donors (Lipinski definition) is 4. The molecule has 7 aromatic rings. The Bertz CT molecular complexity index is 3060. The van der Waals surface area contributed by atoms with Crippen LogP contribution in [0.5, 0.6) is 17.2 Å². The minimum Gasteiger partial charge on any atom is -0.495 e. The van der Waals surface area contributed by atoms with Crippen LogP contribution in [0.2, 0.25) is 5.02 Å². The Balaban J connectivity index is 0.000000196. The Morgan fingerprint density at radius 1 is 0.657 bits per heavy atom.